The maximum Gasteiger partial charge on any atom is 0.250 e. The summed E-state index contributed by atoms with van der Waals surface area (Å²) in [5.74, 6) is -0.554. The lowest BCUT2D eigenvalue weighted by Crippen LogP contribution is -2.13. The third kappa shape index (κ3) is 3.83. The second kappa shape index (κ2) is 7.57. The lowest BCUT2D eigenvalue weighted by atomic mass is 9.98. The zero-order valence-corrected chi connectivity index (χ0v) is 16.9. The zero-order valence-electron chi connectivity index (χ0n) is 15.2. The molecule has 0 radical (unpaired) electrons. The average Bonchev–Trinajstić information content (AvgIpc) is 3.12. The molecule has 1 heterocycles. The van der Waals surface area contributed by atoms with Crippen molar-refractivity contribution >= 4 is 39.2 Å². The predicted octanol–water partition coefficient (Wildman–Crippen LogP) is 3.18. The van der Waals surface area contributed by atoms with E-state index in [1.165, 1.54) is 28.4 Å². The number of nitrogens with zero attached hydrogens (tertiary/aromatic N) is 1. The van der Waals surface area contributed by atoms with E-state index in [0.717, 1.165) is 28.8 Å². The molecule has 0 unspecified atom stereocenters. The summed E-state index contributed by atoms with van der Waals surface area (Å²) in [5.41, 5.74) is 8.89. The SMILES string of the molecule is CN(C=O)c1ccc(-c2scc(C(N)=O)c2-c2ccc(S(C)(=O)=O)cc2)cc1. The molecule has 0 spiro atoms. The van der Waals surface area contributed by atoms with E-state index in [0.29, 0.717) is 16.7 Å². The van der Waals surface area contributed by atoms with E-state index in [1.54, 1.807) is 24.6 Å². The van der Waals surface area contributed by atoms with E-state index in [9.17, 15) is 18.0 Å². The second-order valence-corrected chi connectivity index (χ2v) is 9.17. The zero-order chi connectivity index (χ0) is 20.5. The number of primary amides is 1. The van der Waals surface area contributed by atoms with Crippen molar-refractivity contribution in [2.45, 2.75) is 4.90 Å². The Morgan fingerprint density at radius 2 is 1.61 bits per heavy atom. The molecule has 2 aromatic carbocycles. The topological polar surface area (TPSA) is 97.5 Å². The molecule has 3 rings (SSSR count). The molecule has 0 fully saturated rings. The molecule has 28 heavy (non-hydrogen) atoms. The Morgan fingerprint density at radius 1 is 1.04 bits per heavy atom. The van der Waals surface area contributed by atoms with Crippen molar-refractivity contribution in [3.05, 3.63) is 59.5 Å². The highest BCUT2D eigenvalue weighted by molar-refractivity contribution is 7.90. The van der Waals surface area contributed by atoms with Gasteiger partial charge in [0.15, 0.2) is 9.84 Å². The van der Waals surface area contributed by atoms with Gasteiger partial charge in [-0.1, -0.05) is 24.3 Å². The van der Waals surface area contributed by atoms with Crippen LogP contribution >= 0.6 is 11.3 Å². The molecule has 2 N–H and O–H groups in total. The van der Waals surface area contributed by atoms with Crippen LogP contribution in [0.15, 0.2) is 58.8 Å². The minimum Gasteiger partial charge on any atom is -0.366 e. The van der Waals surface area contributed by atoms with Crippen molar-refractivity contribution in [1.82, 2.24) is 0 Å². The summed E-state index contributed by atoms with van der Waals surface area (Å²) >= 11 is 1.38. The standard InChI is InChI=1S/C20H18N2O4S2/c1-22(12-23)15-7-3-14(4-8-15)19-18(17(11-27-19)20(21)24)13-5-9-16(10-6-13)28(2,25)26/h3-12H,1-2H3,(H2,21,24). The van der Waals surface area contributed by atoms with Crippen LogP contribution in [-0.4, -0.2) is 34.0 Å². The van der Waals surface area contributed by atoms with E-state index in [4.69, 9.17) is 5.73 Å². The van der Waals surface area contributed by atoms with Crippen molar-refractivity contribution in [2.75, 3.05) is 18.2 Å². The van der Waals surface area contributed by atoms with E-state index >= 15 is 0 Å². The molecule has 3 aromatic rings. The Kier molecular flexibility index (Phi) is 5.35. The lowest BCUT2D eigenvalue weighted by Gasteiger charge is -2.12. The van der Waals surface area contributed by atoms with Crippen LogP contribution in [0, 0.1) is 0 Å². The molecule has 144 valence electrons. The third-order valence-electron chi connectivity index (χ3n) is 4.32. The van der Waals surface area contributed by atoms with E-state index in [-0.39, 0.29) is 4.90 Å². The highest BCUT2D eigenvalue weighted by Crippen LogP contribution is 2.40. The van der Waals surface area contributed by atoms with E-state index in [2.05, 4.69) is 0 Å². The van der Waals surface area contributed by atoms with Gasteiger partial charge in [0.1, 0.15) is 0 Å². The largest absolute Gasteiger partial charge is 0.366 e. The number of anilines is 1. The van der Waals surface area contributed by atoms with Crippen molar-refractivity contribution in [2.24, 2.45) is 5.73 Å². The number of carbonyl (C=O) groups excluding carboxylic acids is 2. The van der Waals surface area contributed by atoms with Crippen LogP contribution < -0.4 is 10.6 Å². The second-order valence-electron chi connectivity index (χ2n) is 6.28. The Morgan fingerprint density at radius 3 is 2.11 bits per heavy atom. The molecule has 8 heteroatoms. The van der Waals surface area contributed by atoms with Crippen LogP contribution in [0.4, 0.5) is 5.69 Å². The highest BCUT2D eigenvalue weighted by atomic mass is 32.2. The summed E-state index contributed by atoms with van der Waals surface area (Å²) in [6, 6.07) is 13.7. The number of hydrogen-bond donors (Lipinski definition) is 1. The number of benzene rings is 2. The van der Waals surface area contributed by atoms with Crippen molar-refractivity contribution in [3.8, 4) is 21.6 Å². The van der Waals surface area contributed by atoms with Crippen molar-refractivity contribution < 1.29 is 18.0 Å². The summed E-state index contributed by atoms with van der Waals surface area (Å²) in [4.78, 5) is 25.3. The fraction of sp³-hybridized carbons (Fsp3) is 0.100. The van der Waals surface area contributed by atoms with Gasteiger partial charge in [0.25, 0.3) is 0 Å². The fourth-order valence-electron chi connectivity index (χ4n) is 2.82. The first kappa shape index (κ1) is 19.8. The van der Waals surface area contributed by atoms with Gasteiger partial charge in [-0.2, -0.15) is 0 Å². The quantitative estimate of drug-likeness (QED) is 0.627. The molecule has 0 aliphatic carbocycles. The molecule has 0 aliphatic heterocycles. The molecule has 0 saturated carbocycles. The van der Waals surface area contributed by atoms with Gasteiger partial charge in [0.2, 0.25) is 12.3 Å². The Hall–Kier alpha value is -2.97. The number of amides is 2. The molecular weight excluding hydrogens is 396 g/mol. The monoisotopic (exact) mass is 414 g/mol. The van der Waals surface area contributed by atoms with Gasteiger partial charge < -0.3 is 10.6 Å². The van der Waals surface area contributed by atoms with Gasteiger partial charge in [-0.15, -0.1) is 11.3 Å². The minimum atomic E-state index is -3.31. The number of thiophene rings is 1. The van der Waals surface area contributed by atoms with Gasteiger partial charge in [0.05, 0.1) is 10.5 Å². The molecule has 0 saturated heterocycles. The van der Waals surface area contributed by atoms with Crippen LogP contribution in [-0.2, 0) is 14.6 Å². The first-order chi connectivity index (χ1) is 13.2. The van der Waals surface area contributed by atoms with Crippen LogP contribution in [0.3, 0.4) is 0 Å². The Labute approximate surface area is 167 Å². The molecule has 0 atom stereocenters. The number of sulfone groups is 1. The maximum atomic E-state index is 11.9. The number of carbonyl (C=O) groups is 2. The molecule has 0 aliphatic rings. The fourth-order valence-corrected chi connectivity index (χ4v) is 4.53. The third-order valence-corrected chi connectivity index (χ3v) is 6.48. The first-order valence-electron chi connectivity index (χ1n) is 8.22. The minimum absolute atomic E-state index is 0.204. The van der Waals surface area contributed by atoms with Crippen LogP contribution in [0.1, 0.15) is 10.4 Å². The lowest BCUT2D eigenvalue weighted by molar-refractivity contribution is -0.107. The van der Waals surface area contributed by atoms with Crippen LogP contribution in [0.2, 0.25) is 0 Å². The summed E-state index contributed by atoms with van der Waals surface area (Å²) in [6.07, 6.45) is 1.87. The summed E-state index contributed by atoms with van der Waals surface area (Å²) in [7, 11) is -1.65. The normalized spacial score (nSPS) is 11.2. The Bertz CT molecular complexity index is 1130. The number of hydrogen-bond acceptors (Lipinski definition) is 5. The summed E-state index contributed by atoms with van der Waals surface area (Å²) in [5, 5.41) is 1.70. The number of rotatable bonds is 6. The van der Waals surface area contributed by atoms with Gasteiger partial charge in [-0.05, 0) is 35.4 Å². The van der Waals surface area contributed by atoms with Crippen molar-refractivity contribution in [1.29, 1.82) is 0 Å². The summed E-state index contributed by atoms with van der Waals surface area (Å²) < 4.78 is 23.4. The summed E-state index contributed by atoms with van der Waals surface area (Å²) in [6.45, 7) is 0. The first-order valence-corrected chi connectivity index (χ1v) is 11.0. The highest BCUT2D eigenvalue weighted by Gasteiger charge is 2.19. The molecule has 2 amide bonds. The molecule has 1 aromatic heterocycles. The predicted molar refractivity (Wildman–Crippen MR) is 111 cm³/mol. The van der Waals surface area contributed by atoms with E-state index in [1.807, 2.05) is 24.3 Å². The van der Waals surface area contributed by atoms with Gasteiger partial charge in [0, 0.05) is 34.8 Å². The maximum absolute atomic E-state index is 11.9. The van der Waals surface area contributed by atoms with Crippen molar-refractivity contribution in [3.63, 3.8) is 0 Å². The van der Waals surface area contributed by atoms with Crippen LogP contribution in [0.25, 0.3) is 21.6 Å². The van der Waals surface area contributed by atoms with Gasteiger partial charge in [-0.25, -0.2) is 8.42 Å². The molecule has 6 nitrogen and oxygen atoms in total. The van der Waals surface area contributed by atoms with Crippen LogP contribution in [0.5, 0.6) is 0 Å². The number of nitrogens with two attached hydrogens (primary N) is 1. The molecule has 0 bridgehead atoms. The average molecular weight is 415 g/mol. The smallest absolute Gasteiger partial charge is 0.250 e. The Balaban J connectivity index is 2.12. The molecular formula is C20H18N2O4S2. The van der Waals surface area contributed by atoms with Gasteiger partial charge in [-0.3, -0.25) is 9.59 Å². The van der Waals surface area contributed by atoms with E-state index < -0.39 is 15.7 Å². The van der Waals surface area contributed by atoms with Gasteiger partial charge >= 0.3 is 0 Å².